The van der Waals surface area contributed by atoms with E-state index in [0.717, 1.165) is 22.2 Å². The van der Waals surface area contributed by atoms with Gasteiger partial charge in [-0.1, -0.05) is 24.3 Å². The van der Waals surface area contributed by atoms with Gasteiger partial charge in [-0.2, -0.15) is 10.1 Å². The van der Waals surface area contributed by atoms with Crippen LogP contribution in [-0.4, -0.2) is 38.2 Å². The quantitative estimate of drug-likeness (QED) is 0.578. The van der Waals surface area contributed by atoms with Crippen LogP contribution in [0.4, 0.5) is 10.7 Å². The number of thiophene rings is 1. The van der Waals surface area contributed by atoms with Crippen LogP contribution in [0.1, 0.15) is 4.88 Å². The molecule has 0 aliphatic rings. The average molecular weight is 369 g/mol. The van der Waals surface area contributed by atoms with Crippen LogP contribution in [0.15, 0.2) is 46.3 Å². The minimum atomic E-state index is -1.16. The Balaban J connectivity index is 1.75. The maximum Gasteiger partial charge on any atom is 0.414 e. The van der Waals surface area contributed by atoms with Crippen LogP contribution in [0, 0.1) is 0 Å². The number of aryl methyl sites for hydroxylation is 2. The van der Waals surface area contributed by atoms with Crippen LogP contribution < -0.4 is 4.90 Å². The monoisotopic (exact) mass is 369 g/mol. The van der Waals surface area contributed by atoms with Gasteiger partial charge in [-0.15, -0.1) is 11.3 Å². The Morgan fingerprint density at radius 2 is 2.15 bits per heavy atom. The number of carboxylic acid groups (broad SMARTS) is 1. The van der Waals surface area contributed by atoms with Gasteiger partial charge < -0.3 is 9.63 Å². The summed E-state index contributed by atoms with van der Waals surface area (Å²) in [7, 11) is 1.36. The van der Waals surface area contributed by atoms with Gasteiger partial charge in [0, 0.05) is 30.3 Å². The van der Waals surface area contributed by atoms with Gasteiger partial charge in [0.15, 0.2) is 0 Å². The first kappa shape index (κ1) is 16.3. The molecule has 8 nitrogen and oxygen atoms in total. The van der Waals surface area contributed by atoms with E-state index in [1.165, 1.54) is 11.9 Å². The van der Waals surface area contributed by atoms with Crippen molar-refractivity contribution in [1.29, 1.82) is 0 Å². The summed E-state index contributed by atoms with van der Waals surface area (Å²) in [5, 5.41) is 20.4. The SMILES string of the molecule is CN(C(=O)O)c1noc(-c2c3ccccc3nn2CCc2cccs2)n1. The first-order valence-electron chi connectivity index (χ1n) is 7.92. The van der Waals surface area contributed by atoms with Crippen molar-refractivity contribution in [2.75, 3.05) is 11.9 Å². The molecule has 1 amide bonds. The van der Waals surface area contributed by atoms with Crippen molar-refractivity contribution in [3.63, 3.8) is 0 Å². The Morgan fingerprint density at radius 1 is 1.31 bits per heavy atom. The Labute approximate surface area is 152 Å². The fourth-order valence-electron chi connectivity index (χ4n) is 2.67. The zero-order chi connectivity index (χ0) is 18.1. The lowest BCUT2D eigenvalue weighted by Gasteiger charge is -2.05. The second-order valence-electron chi connectivity index (χ2n) is 5.66. The lowest BCUT2D eigenvalue weighted by atomic mass is 10.2. The highest BCUT2D eigenvalue weighted by Crippen LogP contribution is 2.29. The van der Waals surface area contributed by atoms with Gasteiger partial charge in [-0.3, -0.25) is 4.68 Å². The molecule has 0 radical (unpaired) electrons. The Hall–Kier alpha value is -3.20. The van der Waals surface area contributed by atoms with Crippen molar-refractivity contribution < 1.29 is 14.4 Å². The molecule has 4 rings (SSSR count). The number of hydrogen-bond acceptors (Lipinski definition) is 6. The summed E-state index contributed by atoms with van der Waals surface area (Å²) in [6.07, 6.45) is -0.331. The molecule has 1 aromatic carbocycles. The second-order valence-corrected chi connectivity index (χ2v) is 6.69. The first-order chi connectivity index (χ1) is 12.6. The molecule has 0 saturated carbocycles. The molecule has 132 valence electrons. The molecule has 0 atom stereocenters. The van der Waals surface area contributed by atoms with Crippen molar-refractivity contribution >= 4 is 34.3 Å². The number of fused-ring (bicyclic) bond motifs is 1. The molecule has 0 aliphatic heterocycles. The van der Waals surface area contributed by atoms with E-state index in [1.54, 1.807) is 11.3 Å². The Morgan fingerprint density at radius 3 is 2.92 bits per heavy atom. The summed E-state index contributed by atoms with van der Waals surface area (Å²) in [4.78, 5) is 17.5. The lowest BCUT2D eigenvalue weighted by molar-refractivity contribution is 0.202. The normalized spacial score (nSPS) is 11.1. The molecular formula is C17H15N5O3S. The number of nitrogens with zero attached hydrogens (tertiary/aromatic N) is 5. The van der Waals surface area contributed by atoms with E-state index < -0.39 is 6.09 Å². The molecule has 0 spiro atoms. The predicted octanol–water partition coefficient (Wildman–Crippen LogP) is 3.50. The van der Waals surface area contributed by atoms with E-state index in [0.29, 0.717) is 12.2 Å². The van der Waals surface area contributed by atoms with Gasteiger partial charge in [-0.25, -0.2) is 9.69 Å². The lowest BCUT2D eigenvalue weighted by Crippen LogP contribution is -2.24. The number of hydrogen-bond donors (Lipinski definition) is 1. The largest absolute Gasteiger partial charge is 0.465 e. The molecule has 3 heterocycles. The summed E-state index contributed by atoms with van der Waals surface area (Å²) < 4.78 is 7.18. The van der Waals surface area contributed by atoms with Gasteiger partial charge >= 0.3 is 6.09 Å². The van der Waals surface area contributed by atoms with E-state index in [4.69, 9.17) is 9.63 Å². The highest BCUT2D eigenvalue weighted by molar-refractivity contribution is 7.09. The number of benzene rings is 1. The molecule has 0 unspecified atom stereocenters. The fourth-order valence-corrected chi connectivity index (χ4v) is 3.37. The molecule has 9 heteroatoms. The third kappa shape index (κ3) is 2.93. The predicted molar refractivity (Wildman–Crippen MR) is 97.5 cm³/mol. The average Bonchev–Trinajstić information content (AvgIpc) is 3.37. The van der Waals surface area contributed by atoms with Crippen LogP contribution in [0.3, 0.4) is 0 Å². The van der Waals surface area contributed by atoms with Crippen molar-refractivity contribution in [3.8, 4) is 11.6 Å². The topological polar surface area (TPSA) is 97.3 Å². The first-order valence-corrected chi connectivity index (χ1v) is 8.80. The maximum atomic E-state index is 11.1. The zero-order valence-corrected chi connectivity index (χ0v) is 14.7. The van der Waals surface area contributed by atoms with E-state index >= 15 is 0 Å². The Bertz CT molecular complexity index is 1050. The van der Waals surface area contributed by atoms with Crippen molar-refractivity contribution in [3.05, 3.63) is 46.7 Å². The summed E-state index contributed by atoms with van der Waals surface area (Å²) >= 11 is 1.70. The van der Waals surface area contributed by atoms with Crippen LogP contribution in [0.5, 0.6) is 0 Å². The minimum absolute atomic E-state index is 0.0115. The van der Waals surface area contributed by atoms with Gasteiger partial charge in [0.2, 0.25) is 0 Å². The molecule has 1 N–H and O–H groups in total. The van der Waals surface area contributed by atoms with Gasteiger partial charge in [0.05, 0.1) is 5.52 Å². The van der Waals surface area contributed by atoms with Crippen molar-refractivity contribution in [2.45, 2.75) is 13.0 Å². The molecule has 26 heavy (non-hydrogen) atoms. The number of rotatable bonds is 5. The summed E-state index contributed by atoms with van der Waals surface area (Å²) in [5.41, 5.74) is 1.51. The number of carbonyl (C=O) groups is 1. The molecule has 0 bridgehead atoms. The summed E-state index contributed by atoms with van der Waals surface area (Å²) in [6.45, 7) is 0.650. The van der Waals surface area contributed by atoms with Crippen LogP contribution in [0.2, 0.25) is 0 Å². The molecular weight excluding hydrogens is 354 g/mol. The van der Waals surface area contributed by atoms with E-state index in [-0.39, 0.29) is 11.8 Å². The van der Waals surface area contributed by atoms with E-state index in [9.17, 15) is 4.79 Å². The van der Waals surface area contributed by atoms with Crippen molar-refractivity contribution in [2.24, 2.45) is 0 Å². The fraction of sp³-hybridized carbons (Fsp3) is 0.176. The van der Waals surface area contributed by atoms with Gasteiger partial charge in [0.25, 0.3) is 11.8 Å². The molecule has 4 aromatic rings. The molecule has 0 aliphatic carbocycles. The van der Waals surface area contributed by atoms with Gasteiger partial charge in [-0.05, 0) is 22.7 Å². The molecule has 0 fully saturated rings. The molecule has 3 aromatic heterocycles. The summed E-state index contributed by atoms with van der Waals surface area (Å²) in [5.74, 6) is 0.232. The van der Waals surface area contributed by atoms with Crippen molar-refractivity contribution in [1.82, 2.24) is 19.9 Å². The second kappa shape index (κ2) is 6.60. The number of aromatic nitrogens is 4. The van der Waals surface area contributed by atoms with Gasteiger partial charge in [0.1, 0.15) is 5.69 Å². The third-order valence-electron chi connectivity index (χ3n) is 4.00. The van der Waals surface area contributed by atoms with E-state index in [2.05, 4.69) is 21.3 Å². The third-order valence-corrected chi connectivity index (χ3v) is 4.94. The number of anilines is 1. The minimum Gasteiger partial charge on any atom is -0.465 e. The standard InChI is InChI=1S/C17H15N5O3S/c1-21(17(23)24)16-18-15(25-20-16)14-12-6-2-3-7-13(12)19-22(14)9-8-11-5-4-10-26-11/h2-7,10H,8-9H2,1H3,(H,23,24). The Kier molecular flexibility index (Phi) is 4.13. The van der Waals surface area contributed by atoms with Crippen LogP contribution in [-0.2, 0) is 13.0 Å². The van der Waals surface area contributed by atoms with Crippen LogP contribution >= 0.6 is 11.3 Å². The summed E-state index contributed by atoms with van der Waals surface area (Å²) in [6, 6.07) is 11.8. The maximum absolute atomic E-state index is 11.1. The highest BCUT2D eigenvalue weighted by Gasteiger charge is 2.22. The smallest absolute Gasteiger partial charge is 0.414 e. The molecule has 0 saturated heterocycles. The number of amides is 1. The van der Waals surface area contributed by atoms with E-state index in [1.807, 2.05) is 40.4 Å². The van der Waals surface area contributed by atoms with Crippen LogP contribution in [0.25, 0.3) is 22.5 Å². The highest BCUT2D eigenvalue weighted by atomic mass is 32.1. The zero-order valence-electron chi connectivity index (χ0n) is 13.9.